The lowest BCUT2D eigenvalue weighted by molar-refractivity contribution is -0.119. The van der Waals surface area contributed by atoms with E-state index in [1.165, 1.54) is 11.1 Å². The van der Waals surface area contributed by atoms with Crippen LogP contribution in [0.5, 0.6) is 11.5 Å². The van der Waals surface area contributed by atoms with Gasteiger partial charge in [0.25, 0.3) is 0 Å². The van der Waals surface area contributed by atoms with Gasteiger partial charge in [-0.1, -0.05) is 46.8 Å². The van der Waals surface area contributed by atoms with Crippen LogP contribution < -0.4 is 15.8 Å². The molecule has 0 spiro atoms. The molecule has 0 bridgehead atoms. The van der Waals surface area contributed by atoms with Crippen molar-refractivity contribution in [2.45, 2.75) is 83.9 Å². The number of aromatic nitrogens is 1. The van der Waals surface area contributed by atoms with Crippen molar-refractivity contribution in [3.05, 3.63) is 71.7 Å². The van der Waals surface area contributed by atoms with E-state index in [-0.39, 0.29) is 22.6 Å². The molecule has 3 aromatic rings. The molecule has 0 saturated carbocycles. The van der Waals surface area contributed by atoms with Gasteiger partial charge < -0.3 is 15.8 Å². The first-order valence-corrected chi connectivity index (χ1v) is 13.8. The Morgan fingerprint density at radius 2 is 1.76 bits per heavy atom. The summed E-state index contributed by atoms with van der Waals surface area (Å²) in [6.45, 7) is 18.5. The van der Waals surface area contributed by atoms with Gasteiger partial charge in [0.05, 0.1) is 23.2 Å². The molecule has 0 aliphatic heterocycles. The molecule has 1 amide bonds. The monoisotopic (exact) mass is 534 g/mol. The van der Waals surface area contributed by atoms with Gasteiger partial charge in [-0.15, -0.1) is 11.8 Å². The molecular weight excluding hydrogens is 492 g/mol. The summed E-state index contributed by atoms with van der Waals surface area (Å²) in [5.74, 6) is 1.32. The number of rotatable bonds is 7. The quantitative estimate of drug-likeness (QED) is 0.241. The van der Waals surface area contributed by atoms with Gasteiger partial charge in [0.1, 0.15) is 11.5 Å². The minimum Gasteiger partial charge on any atom is -0.456 e. The highest BCUT2D eigenvalue weighted by molar-refractivity contribution is 8.00. The van der Waals surface area contributed by atoms with Gasteiger partial charge in [0.2, 0.25) is 5.91 Å². The number of nitrogens with two attached hydrogens (primary N) is 1. The van der Waals surface area contributed by atoms with E-state index < -0.39 is 0 Å². The number of nitrogens with one attached hydrogen (secondary N) is 1. The molecule has 1 aromatic heterocycles. The third-order valence-corrected chi connectivity index (χ3v) is 6.08. The maximum Gasteiger partial charge on any atom is 0.228 e. The van der Waals surface area contributed by atoms with Crippen LogP contribution in [0.1, 0.15) is 66.5 Å². The van der Waals surface area contributed by atoms with E-state index in [0.29, 0.717) is 5.70 Å². The molecule has 0 atom stereocenters. The van der Waals surface area contributed by atoms with E-state index in [0.717, 1.165) is 33.5 Å². The van der Waals surface area contributed by atoms with Gasteiger partial charge >= 0.3 is 0 Å². The number of benzene rings is 2. The van der Waals surface area contributed by atoms with E-state index in [4.69, 9.17) is 10.5 Å². The number of amides is 1. The molecule has 0 aliphatic rings. The van der Waals surface area contributed by atoms with E-state index in [9.17, 15) is 4.79 Å². The maximum atomic E-state index is 12.6. The first-order chi connectivity index (χ1) is 17.8. The number of aryl methyl sites for hydroxylation is 1. The van der Waals surface area contributed by atoms with Crippen molar-refractivity contribution < 1.29 is 9.53 Å². The minimum absolute atomic E-state index is 0.107. The van der Waals surface area contributed by atoms with Crippen molar-refractivity contribution in [3.8, 4) is 11.5 Å². The van der Waals surface area contributed by atoms with Crippen molar-refractivity contribution in [2.24, 2.45) is 10.7 Å². The number of aliphatic imine (C=N–C) groups is 1. The Hall–Kier alpha value is -3.32. The normalized spacial score (nSPS) is 12.3. The Balaban J connectivity index is 0.00000247. The van der Waals surface area contributed by atoms with Crippen LogP contribution >= 0.6 is 11.8 Å². The van der Waals surface area contributed by atoms with Gasteiger partial charge in [-0.05, 0) is 69.2 Å². The third-order valence-electron chi connectivity index (χ3n) is 4.98. The topological polar surface area (TPSA) is 89.6 Å². The zero-order valence-electron chi connectivity index (χ0n) is 24.2. The summed E-state index contributed by atoms with van der Waals surface area (Å²) in [4.78, 5) is 22.6. The highest BCUT2D eigenvalue weighted by Crippen LogP contribution is 2.37. The van der Waals surface area contributed by atoms with Gasteiger partial charge in [-0.3, -0.25) is 14.8 Å². The van der Waals surface area contributed by atoms with Crippen LogP contribution in [0.3, 0.4) is 0 Å². The molecule has 38 heavy (non-hydrogen) atoms. The van der Waals surface area contributed by atoms with Crippen LogP contribution in [-0.4, -0.2) is 27.4 Å². The number of pyridine rings is 1. The number of allylic oxidation sites excluding steroid dienone is 1. The fraction of sp³-hybridized carbons (Fsp3) is 0.387. The molecule has 0 radical (unpaired) electrons. The number of hydrogen-bond donors (Lipinski definition) is 2. The van der Waals surface area contributed by atoms with Crippen molar-refractivity contribution in [3.63, 3.8) is 0 Å². The summed E-state index contributed by atoms with van der Waals surface area (Å²) in [6.07, 6.45) is 4.91. The number of hydrogen-bond acceptors (Lipinski definition) is 6. The number of fused-ring (bicyclic) bond motifs is 1. The molecule has 0 unspecified atom stereocenters. The second-order valence-electron chi connectivity index (χ2n) is 10.7. The molecule has 3 N–H and O–H groups in total. The Labute approximate surface area is 232 Å². The lowest BCUT2D eigenvalue weighted by atomic mass is 10.1. The summed E-state index contributed by atoms with van der Waals surface area (Å²) < 4.78 is 6.43. The van der Waals surface area contributed by atoms with Crippen molar-refractivity contribution >= 4 is 34.8 Å². The molecule has 3 rings (SSSR count). The van der Waals surface area contributed by atoms with Crippen LogP contribution in [0, 0.1) is 6.92 Å². The van der Waals surface area contributed by atoms with E-state index >= 15 is 0 Å². The number of nitrogens with zero attached hydrogens (tertiary/aromatic N) is 2. The largest absolute Gasteiger partial charge is 0.456 e. The van der Waals surface area contributed by atoms with Crippen LogP contribution in [0.25, 0.3) is 10.9 Å². The molecule has 0 aliphatic carbocycles. The summed E-state index contributed by atoms with van der Waals surface area (Å²) in [6, 6.07) is 13.9. The first-order valence-electron chi connectivity index (χ1n) is 13.0. The molecule has 0 fully saturated rings. The highest BCUT2D eigenvalue weighted by Gasteiger charge is 2.15. The summed E-state index contributed by atoms with van der Waals surface area (Å²) in [5, 5.41) is 3.78. The smallest absolute Gasteiger partial charge is 0.228 e. The van der Waals surface area contributed by atoms with Gasteiger partial charge in [-0.25, -0.2) is 0 Å². The Kier molecular flexibility index (Phi) is 11.0. The van der Waals surface area contributed by atoms with Gasteiger partial charge in [0, 0.05) is 33.6 Å². The Morgan fingerprint density at radius 1 is 1.05 bits per heavy atom. The standard InChI is InChI=1S/C29H36N4O2S.C2H6/c1-19-14-20(15-27(34)33-21(17-30)18-32-28(2,3)4)8-11-25(19)35-26-12-13-31-24-10-9-22(16-23(24)26)36-29(5,6)7;1-2/h8-14,16-18H,15,30H2,1-7H3,(H,33,34);1-2H3/b21-17+,32-18?;. The second-order valence-corrected chi connectivity index (χ2v) is 12.6. The van der Waals surface area contributed by atoms with Gasteiger partial charge in [-0.2, -0.15) is 0 Å². The van der Waals surface area contributed by atoms with Crippen LogP contribution in [0.15, 0.2) is 70.4 Å². The zero-order valence-corrected chi connectivity index (χ0v) is 25.0. The van der Waals surface area contributed by atoms with Crippen LogP contribution in [0.4, 0.5) is 0 Å². The average molecular weight is 535 g/mol. The first kappa shape index (κ1) is 30.9. The predicted octanol–water partition coefficient (Wildman–Crippen LogP) is 7.58. The summed E-state index contributed by atoms with van der Waals surface area (Å²) in [7, 11) is 0. The molecule has 7 heteroatoms. The molecular formula is C31H42N4O2S. The summed E-state index contributed by atoms with van der Waals surface area (Å²) >= 11 is 1.81. The molecule has 2 aromatic carbocycles. The Morgan fingerprint density at radius 3 is 2.37 bits per heavy atom. The number of carbonyl (C=O) groups excluding carboxylic acids is 1. The molecule has 0 saturated heterocycles. The molecule has 1 heterocycles. The van der Waals surface area contributed by atoms with E-state index in [2.05, 4.69) is 48.2 Å². The maximum absolute atomic E-state index is 12.6. The minimum atomic E-state index is -0.251. The third kappa shape index (κ3) is 9.86. The highest BCUT2D eigenvalue weighted by atomic mass is 32.2. The van der Waals surface area contributed by atoms with Crippen molar-refractivity contribution in [1.29, 1.82) is 0 Å². The second kappa shape index (κ2) is 13.5. The lowest BCUT2D eigenvalue weighted by Crippen LogP contribution is -2.26. The SMILES string of the molecule is CC.Cc1cc(CC(=O)N/C(C=NC(C)(C)C)=C/N)ccc1Oc1ccnc2ccc(SC(C)(C)C)cc12. The number of thioether (sulfide) groups is 1. The van der Waals surface area contributed by atoms with Crippen LogP contribution in [0.2, 0.25) is 0 Å². The predicted molar refractivity (Wildman–Crippen MR) is 162 cm³/mol. The van der Waals surface area contributed by atoms with Crippen molar-refractivity contribution in [2.75, 3.05) is 0 Å². The fourth-order valence-corrected chi connectivity index (χ4v) is 4.45. The summed E-state index contributed by atoms with van der Waals surface area (Å²) in [5.41, 5.74) is 8.57. The van der Waals surface area contributed by atoms with Crippen molar-refractivity contribution in [1.82, 2.24) is 10.3 Å². The Bertz CT molecular complexity index is 1300. The van der Waals surface area contributed by atoms with E-state index in [1.54, 1.807) is 12.4 Å². The zero-order chi connectivity index (χ0) is 28.5. The van der Waals surface area contributed by atoms with Gasteiger partial charge in [0.15, 0.2) is 0 Å². The number of ether oxygens (including phenoxy) is 1. The number of carbonyl (C=O) groups is 1. The van der Waals surface area contributed by atoms with Crippen LogP contribution in [-0.2, 0) is 11.2 Å². The fourth-order valence-electron chi connectivity index (χ4n) is 3.43. The lowest BCUT2D eigenvalue weighted by Gasteiger charge is -2.18. The van der Waals surface area contributed by atoms with E-state index in [1.807, 2.05) is 83.6 Å². The average Bonchev–Trinajstić information content (AvgIpc) is 2.83. The molecule has 6 nitrogen and oxygen atoms in total. The molecule has 204 valence electrons.